The molecule has 0 spiro atoms. The Kier molecular flexibility index (Phi) is 8.82. The molecule has 0 aliphatic carbocycles. The molecular weight excluding hydrogens is 813 g/mol. The highest BCUT2D eigenvalue weighted by molar-refractivity contribution is 6.14. The predicted molar refractivity (Wildman–Crippen MR) is 273 cm³/mol. The summed E-state index contributed by atoms with van der Waals surface area (Å²) in [6.45, 7) is 13.1. The van der Waals surface area contributed by atoms with Crippen molar-refractivity contribution in [2.24, 2.45) is 0 Å². The Morgan fingerprint density at radius 1 is 0.333 bits per heavy atom. The first-order valence-electron chi connectivity index (χ1n) is 22.7. The molecule has 0 aliphatic heterocycles. The quantitative estimate of drug-likeness (QED) is 0.158. The molecule has 320 valence electrons. The summed E-state index contributed by atoms with van der Waals surface area (Å²) in [4.78, 5) is 0. The fourth-order valence-electron chi connectivity index (χ4n) is 11.1. The highest BCUT2D eigenvalue weighted by Crippen LogP contribution is 2.52. The number of halogens is 2. The van der Waals surface area contributed by atoms with Gasteiger partial charge in [0.2, 0.25) is 0 Å². The molecule has 3 nitrogen and oxygen atoms in total. The molecule has 0 amide bonds. The summed E-state index contributed by atoms with van der Waals surface area (Å²) in [5.74, 6) is -0.719. The van der Waals surface area contributed by atoms with Crippen LogP contribution < -0.4 is 0 Å². The molecule has 3 heterocycles. The number of aromatic nitrogens is 3. The molecule has 9 aromatic carbocycles. The van der Waals surface area contributed by atoms with Crippen LogP contribution in [0.3, 0.4) is 0 Å². The Balaban J connectivity index is 1.42. The maximum atomic E-state index is 17.1. The third-order valence-electron chi connectivity index (χ3n) is 14.0. The number of fused-ring (bicyclic) bond motifs is 9. The van der Waals surface area contributed by atoms with Crippen LogP contribution in [0.5, 0.6) is 0 Å². The first-order chi connectivity index (χ1) is 32.0. The lowest BCUT2D eigenvalue weighted by molar-refractivity contribution is 0.462. The van der Waals surface area contributed by atoms with Gasteiger partial charge in [-0.15, -0.1) is 0 Å². The molecule has 0 saturated carbocycles. The number of benzene rings is 9. The SMILES string of the molecule is Cc1ccc2c(c1)c1cc(C)ccc1n2-c1c(-c2ccccc2F)cc(-c2ccccc2F)c(-n2c3ccc(C)cc3c3cc(C)ccc32)c1C(C)(C)n1c2ccccc2c2ccccc21. The smallest absolute Gasteiger partial charge is 0.131 e. The molecule has 5 heteroatoms. The first kappa shape index (κ1) is 39.8. The second-order valence-electron chi connectivity index (χ2n) is 18.7. The van der Waals surface area contributed by atoms with Crippen LogP contribution in [0.15, 0.2) is 176 Å². The summed E-state index contributed by atoms with van der Waals surface area (Å²) in [6.07, 6.45) is 0. The van der Waals surface area contributed by atoms with Crippen molar-refractivity contribution in [2.75, 3.05) is 0 Å². The topological polar surface area (TPSA) is 14.8 Å². The lowest BCUT2D eigenvalue weighted by Gasteiger charge is -2.37. The first-order valence-corrected chi connectivity index (χ1v) is 22.7. The van der Waals surface area contributed by atoms with Gasteiger partial charge in [0.05, 0.1) is 39.0 Å². The molecule has 0 unspecified atom stereocenters. The van der Waals surface area contributed by atoms with E-state index in [0.717, 1.165) is 105 Å². The van der Waals surface area contributed by atoms with Gasteiger partial charge >= 0.3 is 0 Å². The van der Waals surface area contributed by atoms with E-state index in [-0.39, 0.29) is 11.6 Å². The van der Waals surface area contributed by atoms with E-state index in [9.17, 15) is 0 Å². The molecule has 0 saturated heterocycles. The minimum absolute atomic E-state index is 0.359. The van der Waals surface area contributed by atoms with Gasteiger partial charge in [-0.05, 0) is 120 Å². The largest absolute Gasteiger partial charge is 0.330 e. The second kappa shape index (κ2) is 14.6. The highest BCUT2D eigenvalue weighted by Gasteiger charge is 2.38. The van der Waals surface area contributed by atoms with Crippen molar-refractivity contribution < 1.29 is 8.78 Å². The molecule has 0 aliphatic rings. The third-order valence-corrected chi connectivity index (χ3v) is 14.0. The lowest BCUT2D eigenvalue weighted by atomic mass is 9.82. The standard InChI is InChI=1S/C61H47F2N3/c1-36-23-27-52-44(31-36)45-32-37(2)24-28-53(45)64(52)59-48(40-15-7-11-19-50(40)62)35-49(41-16-8-12-20-51(41)63)60(65-54-29-25-38(3)33-46(54)47-34-39(4)26-30-55(47)65)58(59)61(5,6)66-56-21-13-9-17-42(56)43-18-10-14-22-57(43)66/h7-35H,1-6H3. The molecule has 12 aromatic rings. The van der Waals surface area contributed by atoms with Gasteiger partial charge in [0.1, 0.15) is 11.6 Å². The van der Waals surface area contributed by atoms with Crippen molar-refractivity contribution in [1.82, 2.24) is 13.7 Å². The van der Waals surface area contributed by atoms with Crippen LogP contribution >= 0.6 is 0 Å². The van der Waals surface area contributed by atoms with Crippen molar-refractivity contribution in [1.29, 1.82) is 0 Å². The zero-order valence-electron chi connectivity index (χ0n) is 37.8. The van der Waals surface area contributed by atoms with Crippen molar-refractivity contribution >= 4 is 65.4 Å². The van der Waals surface area contributed by atoms with Gasteiger partial charge in [-0.25, -0.2) is 8.78 Å². The Bertz CT molecular complexity index is 3620. The maximum absolute atomic E-state index is 17.1. The minimum atomic E-state index is -0.925. The molecule has 0 fully saturated rings. The average Bonchev–Trinajstić information content (AvgIpc) is 3.93. The fourth-order valence-corrected chi connectivity index (χ4v) is 11.1. The normalized spacial score (nSPS) is 12.2. The van der Waals surface area contributed by atoms with E-state index in [1.165, 1.54) is 12.1 Å². The van der Waals surface area contributed by atoms with Gasteiger partial charge in [-0.1, -0.05) is 119 Å². The summed E-state index contributed by atoms with van der Waals surface area (Å²) in [5, 5.41) is 6.70. The Morgan fingerprint density at radius 3 is 1.03 bits per heavy atom. The van der Waals surface area contributed by atoms with Crippen LogP contribution in [-0.4, -0.2) is 13.7 Å². The summed E-state index contributed by atoms with van der Waals surface area (Å²) in [6, 6.07) is 59.9. The van der Waals surface area contributed by atoms with Crippen LogP contribution in [0.4, 0.5) is 8.78 Å². The Morgan fingerprint density at radius 2 is 0.667 bits per heavy atom. The van der Waals surface area contributed by atoms with Crippen LogP contribution in [0.1, 0.15) is 41.7 Å². The van der Waals surface area contributed by atoms with E-state index in [1.54, 1.807) is 12.1 Å². The van der Waals surface area contributed by atoms with Gasteiger partial charge in [0.15, 0.2) is 0 Å². The van der Waals surface area contributed by atoms with E-state index in [2.05, 4.69) is 183 Å². The van der Waals surface area contributed by atoms with Crippen molar-refractivity contribution in [3.8, 4) is 33.6 Å². The number of hydrogen-bond donors (Lipinski definition) is 0. The van der Waals surface area contributed by atoms with E-state index in [0.29, 0.717) is 22.3 Å². The summed E-state index contributed by atoms with van der Waals surface area (Å²) < 4.78 is 41.5. The van der Waals surface area contributed by atoms with Crippen LogP contribution in [-0.2, 0) is 5.54 Å². The second-order valence-corrected chi connectivity index (χ2v) is 18.7. The number of nitrogens with zero attached hydrogens (tertiary/aromatic N) is 3. The summed E-state index contributed by atoms with van der Waals surface area (Å²) >= 11 is 0. The van der Waals surface area contributed by atoms with Gasteiger partial charge < -0.3 is 13.7 Å². The zero-order valence-corrected chi connectivity index (χ0v) is 37.8. The van der Waals surface area contributed by atoms with E-state index < -0.39 is 5.54 Å². The van der Waals surface area contributed by atoms with E-state index in [1.807, 2.05) is 24.3 Å². The third kappa shape index (κ3) is 5.78. The van der Waals surface area contributed by atoms with Crippen molar-refractivity contribution in [2.45, 2.75) is 47.1 Å². The Hall–Kier alpha value is -7.76. The van der Waals surface area contributed by atoms with E-state index >= 15 is 8.78 Å². The van der Waals surface area contributed by atoms with Crippen LogP contribution in [0, 0.1) is 39.3 Å². The van der Waals surface area contributed by atoms with E-state index in [4.69, 9.17) is 0 Å². The molecule has 3 aromatic heterocycles. The molecule has 0 bridgehead atoms. The van der Waals surface area contributed by atoms with Gasteiger partial charge in [-0.2, -0.15) is 0 Å². The lowest BCUT2D eigenvalue weighted by Crippen LogP contribution is -2.31. The maximum Gasteiger partial charge on any atom is 0.131 e. The number of hydrogen-bond acceptors (Lipinski definition) is 0. The highest BCUT2D eigenvalue weighted by atomic mass is 19.1. The number of para-hydroxylation sites is 2. The summed E-state index contributed by atoms with van der Waals surface area (Å²) in [5.41, 5.74) is 14.5. The van der Waals surface area contributed by atoms with Crippen LogP contribution in [0.25, 0.3) is 99.0 Å². The van der Waals surface area contributed by atoms with Crippen LogP contribution in [0.2, 0.25) is 0 Å². The molecule has 0 radical (unpaired) electrons. The molecule has 0 atom stereocenters. The van der Waals surface area contributed by atoms with Gasteiger partial charge in [0, 0.05) is 71.2 Å². The van der Waals surface area contributed by atoms with Gasteiger partial charge in [-0.3, -0.25) is 0 Å². The molecule has 0 N–H and O–H groups in total. The number of aryl methyl sites for hydroxylation is 4. The Labute approximate surface area is 382 Å². The number of rotatable bonds is 6. The zero-order chi connectivity index (χ0) is 45.2. The monoisotopic (exact) mass is 859 g/mol. The summed E-state index contributed by atoms with van der Waals surface area (Å²) in [7, 11) is 0. The predicted octanol–water partition coefficient (Wildman–Crippen LogP) is 16.6. The molecular formula is C61H47F2N3. The minimum Gasteiger partial charge on any atom is -0.330 e. The van der Waals surface area contributed by atoms with Gasteiger partial charge in [0.25, 0.3) is 0 Å². The van der Waals surface area contributed by atoms with Crippen molar-refractivity contribution in [3.63, 3.8) is 0 Å². The van der Waals surface area contributed by atoms with Crippen molar-refractivity contribution in [3.05, 3.63) is 215 Å². The molecule has 66 heavy (non-hydrogen) atoms. The average molecular weight is 860 g/mol. The fraction of sp³-hybridized carbons (Fsp3) is 0.115. The molecule has 12 rings (SSSR count).